The van der Waals surface area contributed by atoms with Crippen LogP contribution in [-0.4, -0.2) is 33.2 Å². The van der Waals surface area contributed by atoms with Crippen molar-refractivity contribution in [1.29, 1.82) is 0 Å². The van der Waals surface area contributed by atoms with E-state index in [1.54, 1.807) is 23.8 Å². The zero-order valence-corrected chi connectivity index (χ0v) is 21.8. The number of para-hydroxylation sites is 1. The fourth-order valence-electron chi connectivity index (χ4n) is 4.24. The number of carbonyl (C=O) groups is 1. The van der Waals surface area contributed by atoms with Gasteiger partial charge in [-0.25, -0.2) is 4.98 Å². The predicted octanol–water partition coefficient (Wildman–Crippen LogP) is 5.72. The molecule has 6 nitrogen and oxygen atoms in total. The summed E-state index contributed by atoms with van der Waals surface area (Å²) < 4.78 is 6.94. The van der Waals surface area contributed by atoms with Gasteiger partial charge in [-0.1, -0.05) is 90.6 Å². The Morgan fingerprint density at radius 2 is 1.47 bits per heavy atom. The van der Waals surface area contributed by atoms with E-state index in [9.17, 15) is 9.59 Å². The summed E-state index contributed by atoms with van der Waals surface area (Å²) in [5.74, 6) is 0.725. The molecule has 1 heterocycles. The van der Waals surface area contributed by atoms with Gasteiger partial charge in [0, 0.05) is 19.2 Å². The van der Waals surface area contributed by atoms with Crippen LogP contribution in [0.1, 0.15) is 11.1 Å². The van der Waals surface area contributed by atoms with Crippen LogP contribution in [0, 0.1) is 0 Å². The minimum atomic E-state index is -0.191. The molecule has 0 spiro atoms. The Bertz CT molecular complexity index is 1560. The molecular weight excluding hydrogens is 494 g/mol. The number of thioether (sulfide) groups is 1. The minimum Gasteiger partial charge on any atom is -0.497 e. The monoisotopic (exact) mass is 521 g/mol. The first-order valence-corrected chi connectivity index (χ1v) is 13.3. The normalized spacial score (nSPS) is 10.9. The molecule has 5 aromatic rings. The Morgan fingerprint density at radius 3 is 2.13 bits per heavy atom. The van der Waals surface area contributed by atoms with Crippen LogP contribution < -0.4 is 10.3 Å². The van der Waals surface area contributed by atoms with Crippen molar-refractivity contribution in [2.24, 2.45) is 0 Å². The first kappa shape index (κ1) is 25.3. The maximum absolute atomic E-state index is 13.6. The van der Waals surface area contributed by atoms with Gasteiger partial charge < -0.3 is 9.64 Å². The highest BCUT2D eigenvalue weighted by Crippen LogP contribution is 2.24. The molecule has 0 N–H and O–H groups in total. The second-order valence-electron chi connectivity index (χ2n) is 8.76. The Balaban J connectivity index is 1.47. The SMILES string of the molecule is COc1cccc(-n2c(SCC(=O)N(Cc3ccccc3)Cc3ccccc3)nc3ccccc3c2=O)c1. The number of fused-ring (bicyclic) bond motifs is 1. The van der Waals surface area contributed by atoms with Crippen molar-refractivity contribution in [2.45, 2.75) is 18.2 Å². The zero-order valence-electron chi connectivity index (χ0n) is 21.0. The summed E-state index contributed by atoms with van der Waals surface area (Å²) in [6.45, 7) is 0.978. The molecular formula is C31H27N3O3S. The van der Waals surface area contributed by atoms with E-state index in [2.05, 4.69) is 0 Å². The van der Waals surface area contributed by atoms with Crippen molar-refractivity contribution < 1.29 is 9.53 Å². The highest BCUT2D eigenvalue weighted by atomic mass is 32.2. The molecule has 7 heteroatoms. The van der Waals surface area contributed by atoms with Gasteiger partial charge in [-0.3, -0.25) is 14.2 Å². The van der Waals surface area contributed by atoms with Crippen molar-refractivity contribution in [3.05, 3.63) is 131 Å². The van der Waals surface area contributed by atoms with E-state index in [0.29, 0.717) is 40.6 Å². The van der Waals surface area contributed by atoms with Crippen LogP contribution in [0.2, 0.25) is 0 Å². The molecule has 0 atom stereocenters. The Morgan fingerprint density at radius 1 is 0.842 bits per heavy atom. The van der Waals surface area contributed by atoms with Gasteiger partial charge in [-0.15, -0.1) is 0 Å². The molecule has 0 saturated carbocycles. The standard InChI is InChI=1S/C31H27N3O3S/c1-37-26-16-10-15-25(19-26)34-30(36)27-17-8-9-18-28(27)32-31(34)38-22-29(35)33(20-23-11-4-2-5-12-23)21-24-13-6-3-7-14-24/h2-19H,20-22H2,1H3. The molecule has 0 bridgehead atoms. The predicted molar refractivity (Wildman–Crippen MR) is 152 cm³/mol. The number of benzene rings is 4. The lowest BCUT2D eigenvalue weighted by molar-refractivity contribution is -0.129. The summed E-state index contributed by atoms with van der Waals surface area (Å²) in [6, 6.07) is 34.4. The van der Waals surface area contributed by atoms with E-state index < -0.39 is 0 Å². The third-order valence-corrected chi connectivity index (χ3v) is 7.09. The summed E-state index contributed by atoms with van der Waals surface area (Å²) >= 11 is 1.26. The fourth-order valence-corrected chi connectivity index (χ4v) is 5.16. The number of hydrogen-bond acceptors (Lipinski definition) is 5. The van der Waals surface area contributed by atoms with Crippen LogP contribution in [-0.2, 0) is 17.9 Å². The molecule has 1 aromatic heterocycles. The highest BCUT2D eigenvalue weighted by molar-refractivity contribution is 7.99. The van der Waals surface area contributed by atoms with E-state index >= 15 is 0 Å². The summed E-state index contributed by atoms with van der Waals surface area (Å²) in [5.41, 5.74) is 3.15. The molecule has 38 heavy (non-hydrogen) atoms. The smallest absolute Gasteiger partial charge is 0.266 e. The third kappa shape index (κ3) is 5.79. The molecule has 0 aliphatic carbocycles. The summed E-state index contributed by atoms with van der Waals surface area (Å²) in [7, 11) is 1.59. The van der Waals surface area contributed by atoms with Crippen molar-refractivity contribution in [2.75, 3.05) is 12.9 Å². The van der Waals surface area contributed by atoms with Crippen LogP contribution in [0.3, 0.4) is 0 Å². The lowest BCUT2D eigenvalue weighted by Gasteiger charge is -2.23. The molecule has 0 radical (unpaired) electrons. The summed E-state index contributed by atoms with van der Waals surface area (Å²) in [6.07, 6.45) is 0. The molecule has 5 rings (SSSR count). The van der Waals surface area contributed by atoms with E-state index in [-0.39, 0.29) is 17.2 Å². The fraction of sp³-hybridized carbons (Fsp3) is 0.129. The third-order valence-electron chi connectivity index (χ3n) is 6.17. The van der Waals surface area contributed by atoms with E-state index in [4.69, 9.17) is 9.72 Å². The Labute approximate surface area is 225 Å². The van der Waals surface area contributed by atoms with Crippen molar-refractivity contribution in [1.82, 2.24) is 14.5 Å². The zero-order chi connectivity index (χ0) is 26.3. The average Bonchev–Trinajstić information content (AvgIpc) is 2.97. The van der Waals surface area contributed by atoms with Crippen molar-refractivity contribution >= 4 is 28.6 Å². The molecule has 0 unspecified atom stereocenters. The summed E-state index contributed by atoms with van der Waals surface area (Å²) in [5, 5.41) is 0.968. The van der Waals surface area contributed by atoms with Gasteiger partial charge in [-0.05, 0) is 35.4 Å². The molecule has 4 aromatic carbocycles. The number of ether oxygens (including phenoxy) is 1. The topological polar surface area (TPSA) is 64.4 Å². The largest absolute Gasteiger partial charge is 0.497 e. The number of amides is 1. The quantitative estimate of drug-likeness (QED) is 0.184. The Hall–Kier alpha value is -4.36. The van der Waals surface area contributed by atoms with Gasteiger partial charge >= 0.3 is 0 Å². The molecule has 0 fully saturated rings. The van der Waals surface area contributed by atoms with Crippen LogP contribution in [0.15, 0.2) is 119 Å². The van der Waals surface area contributed by atoms with Gasteiger partial charge in [0.25, 0.3) is 5.56 Å². The second kappa shape index (κ2) is 11.8. The van der Waals surface area contributed by atoms with Gasteiger partial charge in [0.2, 0.25) is 5.91 Å². The van der Waals surface area contributed by atoms with Gasteiger partial charge in [-0.2, -0.15) is 0 Å². The van der Waals surface area contributed by atoms with E-state index in [1.807, 2.05) is 102 Å². The first-order chi connectivity index (χ1) is 18.6. The first-order valence-electron chi connectivity index (χ1n) is 12.3. The number of rotatable bonds is 9. The Kier molecular flexibility index (Phi) is 7.85. The van der Waals surface area contributed by atoms with Crippen LogP contribution in [0.5, 0.6) is 5.75 Å². The molecule has 190 valence electrons. The van der Waals surface area contributed by atoms with Crippen LogP contribution in [0.25, 0.3) is 16.6 Å². The van der Waals surface area contributed by atoms with Crippen molar-refractivity contribution in [3.63, 3.8) is 0 Å². The average molecular weight is 522 g/mol. The summed E-state index contributed by atoms with van der Waals surface area (Å²) in [4.78, 5) is 33.8. The van der Waals surface area contributed by atoms with Crippen LogP contribution >= 0.6 is 11.8 Å². The molecule has 1 amide bonds. The van der Waals surface area contributed by atoms with Crippen LogP contribution in [0.4, 0.5) is 0 Å². The molecule has 0 aliphatic rings. The number of nitrogens with zero attached hydrogens (tertiary/aromatic N) is 3. The van der Waals surface area contributed by atoms with E-state index in [0.717, 1.165) is 11.1 Å². The minimum absolute atomic E-state index is 0.0395. The van der Waals surface area contributed by atoms with Gasteiger partial charge in [0.15, 0.2) is 5.16 Å². The highest BCUT2D eigenvalue weighted by Gasteiger charge is 2.19. The van der Waals surface area contributed by atoms with E-state index in [1.165, 1.54) is 11.8 Å². The number of carbonyl (C=O) groups excluding carboxylic acids is 1. The second-order valence-corrected chi connectivity index (χ2v) is 9.71. The van der Waals surface area contributed by atoms with Gasteiger partial charge in [0.1, 0.15) is 5.75 Å². The number of aromatic nitrogens is 2. The molecule has 0 saturated heterocycles. The lowest BCUT2D eigenvalue weighted by atomic mass is 10.1. The molecule has 0 aliphatic heterocycles. The number of methoxy groups -OCH3 is 1. The maximum Gasteiger partial charge on any atom is 0.266 e. The number of hydrogen-bond donors (Lipinski definition) is 0. The maximum atomic E-state index is 13.6. The lowest BCUT2D eigenvalue weighted by Crippen LogP contribution is -2.32. The van der Waals surface area contributed by atoms with Crippen molar-refractivity contribution in [3.8, 4) is 11.4 Å². The van der Waals surface area contributed by atoms with Gasteiger partial charge in [0.05, 0.1) is 29.5 Å².